The van der Waals surface area contributed by atoms with Crippen LogP contribution in [0, 0.1) is 0 Å². The molecule has 0 unspecified atom stereocenters. The highest BCUT2D eigenvalue weighted by molar-refractivity contribution is 7.80. The summed E-state index contributed by atoms with van der Waals surface area (Å²) in [7, 11) is 0. The average molecular weight is 252 g/mol. The number of nitrogens with zero attached hydrogens (tertiary/aromatic N) is 2. The number of thiocarbonyl (C=S) groups is 1. The van der Waals surface area contributed by atoms with Gasteiger partial charge in [0.25, 0.3) is 0 Å². The van der Waals surface area contributed by atoms with Crippen LogP contribution in [-0.4, -0.2) is 29.0 Å². The van der Waals surface area contributed by atoms with Gasteiger partial charge in [0.05, 0.1) is 10.6 Å². The molecule has 0 fully saturated rings. The summed E-state index contributed by atoms with van der Waals surface area (Å²) >= 11 is 4.84. The van der Waals surface area contributed by atoms with E-state index in [1.54, 1.807) is 12.1 Å². The molecule has 6 heteroatoms. The Morgan fingerprint density at radius 2 is 2.18 bits per heavy atom. The van der Waals surface area contributed by atoms with E-state index in [9.17, 15) is 4.79 Å². The molecular weight excluding hydrogens is 236 g/mol. The molecule has 0 bridgehead atoms. The number of anilines is 1. The Morgan fingerprint density at radius 3 is 2.59 bits per heavy atom. The van der Waals surface area contributed by atoms with Crippen molar-refractivity contribution in [3.05, 3.63) is 23.9 Å². The van der Waals surface area contributed by atoms with Gasteiger partial charge < -0.3 is 16.4 Å². The van der Waals surface area contributed by atoms with E-state index in [1.165, 1.54) is 6.20 Å². The summed E-state index contributed by atoms with van der Waals surface area (Å²) in [6, 6.07) is 3.43. The van der Waals surface area contributed by atoms with Gasteiger partial charge in [0.1, 0.15) is 5.82 Å². The van der Waals surface area contributed by atoms with Gasteiger partial charge in [-0.1, -0.05) is 12.2 Å². The smallest absolute Gasteiger partial charge is 0.250 e. The number of carbonyl (C=O) groups is 1. The van der Waals surface area contributed by atoms with Gasteiger partial charge in [-0.15, -0.1) is 0 Å². The summed E-state index contributed by atoms with van der Waals surface area (Å²) in [6.07, 6.45) is 2.11. The predicted octanol–water partition coefficient (Wildman–Crippen LogP) is 0.683. The Labute approximate surface area is 106 Å². The minimum Gasteiger partial charge on any atom is -0.393 e. The summed E-state index contributed by atoms with van der Waals surface area (Å²) in [5.41, 5.74) is 11.0. The fourth-order valence-corrected chi connectivity index (χ4v) is 1.49. The number of hydrogen-bond donors (Lipinski definition) is 2. The second-order valence-corrected chi connectivity index (χ2v) is 4.09. The normalized spacial score (nSPS) is 9.94. The van der Waals surface area contributed by atoms with Crippen LogP contribution in [0.15, 0.2) is 18.3 Å². The second kappa shape index (κ2) is 6.15. The summed E-state index contributed by atoms with van der Waals surface area (Å²) in [6.45, 7) is 3.53. The third kappa shape index (κ3) is 3.99. The molecule has 0 radical (unpaired) electrons. The Bertz CT molecular complexity index is 404. The average Bonchev–Trinajstić information content (AvgIpc) is 2.30. The SMILES string of the molecule is CCN(CCC(N)=S)c1ccc(C(N)=O)cn1. The lowest BCUT2D eigenvalue weighted by Crippen LogP contribution is -2.28. The monoisotopic (exact) mass is 252 g/mol. The molecule has 1 rings (SSSR count). The number of primary amides is 1. The molecule has 0 aromatic carbocycles. The molecule has 5 nitrogen and oxygen atoms in total. The third-order valence-corrected chi connectivity index (χ3v) is 2.57. The molecule has 0 aliphatic carbocycles. The van der Waals surface area contributed by atoms with Gasteiger partial charge in [-0.3, -0.25) is 4.79 Å². The number of hydrogen-bond acceptors (Lipinski definition) is 4. The molecule has 1 heterocycles. The molecular formula is C11H16N4OS. The Balaban J connectivity index is 2.75. The van der Waals surface area contributed by atoms with Gasteiger partial charge in [-0.05, 0) is 19.1 Å². The first-order valence-electron chi connectivity index (χ1n) is 5.33. The van der Waals surface area contributed by atoms with E-state index in [1.807, 2.05) is 11.8 Å². The van der Waals surface area contributed by atoms with Crippen molar-refractivity contribution in [2.45, 2.75) is 13.3 Å². The summed E-state index contributed by atoms with van der Waals surface area (Å²) in [4.78, 5) is 17.6. The zero-order valence-corrected chi connectivity index (χ0v) is 10.5. The lowest BCUT2D eigenvalue weighted by molar-refractivity contribution is 0.1000. The third-order valence-electron chi connectivity index (χ3n) is 2.37. The van der Waals surface area contributed by atoms with Crippen molar-refractivity contribution < 1.29 is 4.79 Å². The number of rotatable bonds is 6. The van der Waals surface area contributed by atoms with Crippen molar-refractivity contribution in [2.75, 3.05) is 18.0 Å². The van der Waals surface area contributed by atoms with Crippen molar-refractivity contribution in [3.8, 4) is 0 Å². The van der Waals surface area contributed by atoms with Crippen LogP contribution in [0.3, 0.4) is 0 Å². The van der Waals surface area contributed by atoms with Gasteiger partial charge in [0, 0.05) is 25.7 Å². The maximum atomic E-state index is 10.9. The molecule has 1 aromatic rings. The van der Waals surface area contributed by atoms with Crippen molar-refractivity contribution in [3.63, 3.8) is 0 Å². The summed E-state index contributed by atoms with van der Waals surface area (Å²) in [5, 5.41) is 0. The van der Waals surface area contributed by atoms with E-state index < -0.39 is 5.91 Å². The highest BCUT2D eigenvalue weighted by atomic mass is 32.1. The van der Waals surface area contributed by atoms with Gasteiger partial charge in [-0.2, -0.15) is 0 Å². The molecule has 0 aliphatic rings. The van der Waals surface area contributed by atoms with E-state index in [-0.39, 0.29) is 0 Å². The van der Waals surface area contributed by atoms with E-state index in [0.29, 0.717) is 17.0 Å². The van der Waals surface area contributed by atoms with E-state index in [0.717, 1.165) is 18.9 Å². The first kappa shape index (κ1) is 13.4. The number of nitrogens with two attached hydrogens (primary N) is 2. The minimum absolute atomic E-state index is 0.402. The molecule has 1 aromatic heterocycles. The largest absolute Gasteiger partial charge is 0.393 e. The van der Waals surface area contributed by atoms with Gasteiger partial charge in [-0.25, -0.2) is 4.98 Å². The van der Waals surface area contributed by atoms with Crippen LogP contribution < -0.4 is 16.4 Å². The predicted molar refractivity (Wildman–Crippen MR) is 72.0 cm³/mol. The van der Waals surface area contributed by atoms with Crippen LogP contribution in [0.5, 0.6) is 0 Å². The molecule has 4 N–H and O–H groups in total. The fourth-order valence-electron chi connectivity index (χ4n) is 1.40. The molecule has 92 valence electrons. The lowest BCUT2D eigenvalue weighted by Gasteiger charge is -2.21. The zero-order chi connectivity index (χ0) is 12.8. The molecule has 0 aliphatic heterocycles. The van der Waals surface area contributed by atoms with Crippen molar-refractivity contribution in [1.82, 2.24) is 4.98 Å². The first-order chi connectivity index (χ1) is 8.04. The lowest BCUT2D eigenvalue weighted by atomic mass is 10.2. The standard InChI is InChI=1S/C11H16N4OS/c1-2-15(6-5-9(12)17)10-4-3-8(7-14-10)11(13)16/h3-4,7H,2,5-6H2,1H3,(H2,12,17)(H2,13,16). The topological polar surface area (TPSA) is 85.2 Å². The van der Waals surface area contributed by atoms with Gasteiger partial charge in [0.15, 0.2) is 0 Å². The fraction of sp³-hybridized carbons (Fsp3) is 0.364. The number of carbonyl (C=O) groups excluding carboxylic acids is 1. The molecule has 1 amide bonds. The van der Waals surface area contributed by atoms with Crippen molar-refractivity contribution in [2.24, 2.45) is 11.5 Å². The van der Waals surface area contributed by atoms with Crippen LogP contribution in [0.25, 0.3) is 0 Å². The van der Waals surface area contributed by atoms with Crippen LogP contribution in [-0.2, 0) is 0 Å². The van der Waals surface area contributed by atoms with Crippen LogP contribution >= 0.6 is 12.2 Å². The van der Waals surface area contributed by atoms with E-state index >= 15 is 0 Å². The van der Waals surface area contributed by atoms with Crippen LogP contribution in [0.2, 0.25) is 0 Å². The van der Waals surface area contributed by atoms with Crippen molar-refractivity contribution in [1.29, 1.82) is 0 Å². The minimum atomic E-state index is -0.477. The molecule has 0 saturated carbocycles. The van der Waals surface area contributed by atoms with E-state index in [4.69, 9.17) is 23.7 Å². The number of aromatic nitrogens is 1. The number of pyridine rings is 1. The quantitative estimate of drug-likeness (QED) is 0.727. The summed E-state index contributed by atoms with van der Waals surface area (Å²) < 4.78 is 0. The molecule has 0 saturated heterocycles. The van der Waals surface area contributed by atoms with Gasteiger partial charge >= 0.3 is 0 Å². The van der Waals surface area contributed by atoms with Crippen LogP contribution in [0.1, 0.15) is 23.7 Å². The zero-order valence-electron chi connectivity index (χ0n) is 9.72. The van der Waals surface area contributed by atoms with Crippen molar-refractivity contribution >= 4 is 28.9 Å². The van der Waals surface area contributed by atoms with E-state index in [2.05, 4.69) is 4.98 Å². The Hall–Kier alpha value is -1.69. The first-order valence-corrected chi connectivity index (χ1v) is 5.74. The molecule has 17 heavy (non-hydrogen) atoms. The Morgan fingerprint density at radius 1 is 1.47 bits per heavy atom. The molecule has 0 atom stereocenters. The highest BCUT2D eigenvalue weighted by Gasteiger charge is 2.07. The van der Waals surface area contributed by atoms with Crippen LogP contribution in [0.4, 0.5) is 5.82 Å². The maximum Gasteiger partial charge on any atom is 0.250 e. The van der Waals surface area contributed by atoms with Gasteiger partial charge in [0.2, 0.25) is 5.91 Å². The molecule has 0 spiro atoms. The number of amides is 1. The summed E-state index contributed by atoms with van der Waals surface area (Å²) in [5.74, 6) is 0.309. The Kier molecular flexibility index (Phi) is 4.84. The maximum absolute atomic E-state index is 10.9. The highest BCUT2D eigenvalue weighted by Crippen LogP contribution is 2.11. The second-order valence-electron chi connectivity index (χ2n) is 3.57.